The molecule has 0 spiro atoms. The van der Waals surface area contributed by atoms with Crippen molar-refractivity contribution in [2.24, 2.45) is 0 Å². The number of nitrogens with zero attached hydrogens (tertiary/aromatic N) is 1. The van der Waals surface area contributed by atoms with E-state index in [1.807, 2.05) is 71.6 Å². The van der Waals surface area contributed by atoms with Crippen LogP contribution in [-0.2, 0) is 0 Å². The second-order valence-corrected chi connectivity index (χ2v) is 14.6. The lowest BCUT2D eigenvalue weighted by Gasteiger charge is -2.27. The Kier molecular flexibility index (Phi) is 6.93. The molecule has 0 bridgehead atoms. The smallest absolute Gasteiger partial charge is 0.0645 e. The summed E-state index contributed by atoms with van der Waals surface area (Å²) >= 11 is 0. The summed E-state index contributed by atoms with van der Waals surface area (Å²) in [5.41, 5.74) is 6.62. The van der Waals surface area contributed by atoms with Gasteiger partial charge >= 0.3 is 0 Å². The maximum atomic E-state index is 9.76. The van der Waals surface area contributed by atoms with Gasteiger partial charge in [0.2, 0.25) is 0 Å². The molecule has 11 rings (SSSR count). The van der Waals surface area contributed by atoms with Gasteiger partial charge in [-0.15, -0.1) is 0 Å². The van der Waals surface area contributed by atoms with Crippen molar-refractivity contribution < 1.29 is 5.48 Å². The molecule has 1 nitrogen and oxygen atoms in total. The molecule has 11 aromatic carbocycles. The van der Waals surface area contributed by atoms with Gasteiger partial charge in [0.05, 0.1) is 5.48 Å². The number of hydrogen-bond acceptors (Lipinski definition) is 1. The van der Waals surface area contributed by atoms with Gasteiger partial charge in [0.25, 0.3) is 0 Å². The highest BCUT2D eigenvalue weighted by Crippen LogP contribution is 2.42. The van der Waals surface area contributed by atoms with E-state index in [9.17, 15) is 5.48 Å². The maximum absolute atomic E-state index is 9.76. The van der Waals surface area contributed by atoms with Gasteiger partial charge in [-0.25, -0.2) is 0 Å². The first-order valence-corrected chi connectivity index (χ1v) is 19.3. The van der Waals surface area contributed by atoms with Crippen molar-refractivity contribution in [1.82, 2.24) is 0 Å². The van der Waals surface area contributed by atoms with E-state index in [0.29, 0.717) is 5.56 Å². The summed E-state index contributed by atoms with van der Waals surface area (Å²) in [6.07, 6.45) is 0. The molecule has 1 heteroatoms. The highest BCUT2D eigenvalue weighted by molar-refractivity contribution is 6.14. The van der Waals surface area contributed by atoms with Gasteiger partial charge in [-0.2, -0.15) is 0 Å². The van der Waals surface area contributed by atoms with E-state index < -0.39 is 0 Å². The number of rotatable bonds is 6. The maximum Gasteiger partial charge on any atom is 0.0645 e. The molecule has 0 aliphatic rings. The molecule has 11 aromatic rings. The summed E-state index contributed by atoms with van der Waals surface area (Å²) in [7, 11) is 0. The van der Waals surface area contributed by atoms with Crippen LogP contribution in [0.4, 0.5) is 17.1 Å². The van der Waals surface area contributed by atoms with Crippen molar-refractivity contribution in [2.75, 3.05) is 4.90 Å². The molecule has 0 amide bonds. The third-order valence-electron chi connectivity index (χ3n) is 11.3. The van der Waals surface area contributed by atoms with Gasteiger partial charge in [-0.3, -0.25) is 0 Å². The number of fused-ring (bicyclic) bond motifs is 7. The van der Waals surface area contributed by atoms with E-state index >= 15 is 0 Å². The summed E-state index contributed by atoms with van der Waals surface area (Å²) < 4.78 is 38.7. The summed E-state index contributed by atoms with van der Waals surface area (Å²) in [6.45, 7) is 0. The minimum absolute atomic E-state index is 0.0949. The van der Waals surface area contributed by atoms with E-state index in [0.717, 1.165) is 82.1 Å². The first-order valence-electron chi connectivity index (χ1n) is 21.3. The highest BCUT2D eigenvalue weighted by Gasteiger charge is 2.17. The average Bonchev–Trinajstić information content (AvgIpc) is 3.32. The zero-order valence-electron chi connectivity index (χ0n) is 35.0. The van der Waals surface area contributed by atoms with Gasteiger partial charge in [0.15, 0.2) is 0 Å². The normalized spacial score (nSPS) is 12.5. The minimum Gasteiger partial charge on any atom is -0.310 e. The Balaban J connectivity index is 1.14. The molecular formula is C56H37N. The van der Waals surface area contributed by atoms with E-state index in [2.05, 4.69) is 133 Å². The van der Waals surface area contributed by atoms with E-state index in [1.54, 1.807) is 0 Å². The van der Waals surface area contributed by atoms with Crippen LogP contribution in [0, 0.1) is 0 Å². The Morgan fingerprint density at radius 1 is 0.263 bits per heavy atom. The van der Waals surface area contributed by atoms with Crippen molar-refractivity contribution in [1.29, 1.82) is 0 Å². The molecule has 266 valence electrons. The summed E-state index contributed by atoms with van der Waals surface area (Å²) in [5, 5.41) is 11.1. The van der Waals surface area contributed by atoms with Crippen LogP contribution in [-0.4, -0.2) is 0 Å². The number of hydrogen-bond donors (Lipinski definition) is 0. The Labute approximate surface area is 338 Å². The van der Waals surface area contributed by atoms with Gasteiger partial charge in [-0.05, 0) is 136 Å². The van der Waals surface area contributed by atoms with Crippen LogP contribution in [0.2, 0.25) is 0 Å². The van der Waals surface area contributed by atoms with Crippen LogP contribution in [0.5, 0.6) is 0 Å². The van der Waals surface area contributed by atoms with Crippen molar-refractivity contribution in [3.05, 3.63) is 224 Å². The van der Waals surface area contributed by atoms with Crippen LogP contribution >= 0.6 is 0 Å². The Morgan fingerprint density at radius 3 is 1.49 bits per heavy atom. The molecule has 0 saturated heterocycles. The quantitative estimate of drug-likeness (QED) is 0.154. The number of benzene rings is 11. The molecular weight excluding hydrogens is 687 g/mol. The largest absolute Gasteiger partial charge is 0.310 e. The molecule has 0 saturated carbocycles. The summed E-state index contributed by atoms with van der Waals surface area (Å²) in [4.78, 5) is 1.90. The zero-order chi connectivity index (χ0) is 41.2. The first kappa shape index (κ1) is 28.9. The second-order valence-electron chi connectivity index (χ2n) is 14.6. The lowest BCUT2D eigenvalue weighted by molar-refractivity contribution is 1.28. The third-order valence-corrected chi connectivity index (χ3v) is 11.3. The fourth-order valence-corrected chi connectivity index (χ4v) is 8.52. The average molecular weight is 728 g/mol. The van der Waals surface area contributed by atoms with Crippen LogP contribution in [0.3, 0.4) is 0 Å². The monoisotopic (exact) mass is 727 g/mol. The molecule has 57 heavy (non-hydrogen) atoms. The SMILES string of the molecule is [2H]c1c([2H])c(N(c2cccc(-c3cccc4ccccc34)c2)c2cccc(-c3cc4ccccc4c4ccccc34)c2)c([2H])c([2H])c1-c1ccc2ccc3ccccc3c2c1. The fourth-order valence-electron chi connectivity index (χ4n) is 8.52. The molecule has 0 aliphatic carbocycles. The van der Waals surface area contributed by atoms with Gasteiger partial charge < -0.3 is 4.90 Å². The molecule has 0 radical (unpaired) electrons. The van der Waals surface area contributed by atoms with Gasteiger partial charge in [0, 0.05) is 17.1 Å². The van der Waals surface area contributed by atoms with Crippen molar-refractivity contribution in [3.8, 4) is 33.4 Å². The van der Waals surface area contributed by atoms with Crippen LogP contribution in [0.15, 0.2) is 224 Å². The molecule has 0 aliphatic heterocycles. The standard InChI is InChI=1S/C56H37N/c1-4-20-49-39(12-1)15-11-25-51(49)43-16-9-18-47(34-43)57(46-32-30-38(31-33-46)42-29-28-41-27-26-40-13-2-5-21-50(40)55(41)36-42)48-19-10-17-44(35-48)56-37-45-14-3-6-22-52(45)53-23-7-8-24-54(53)56/h1-37H/i30D,31D,32D,33D. The zero-order valence-corrected chi connectivity index (χ0v) is 31.0. The number of anilines is 3. The van der Waals surface area contributed by atoms with Crippen molar-refractivity contribution >= 4 is 70.9 Å². The summed E-state index contributed by atoms with van der Waals surface area (Å²) in [5.74, 6) is 0. The Morgan fingerprint density at radius 2 is 0.772 bits per heavy atom. The fraction of sp³-hybridized carbons (Fsp3) is 0. The van der Waals surface area contributed by atoms with E-state index in [4.69, 9.17) is 0 Å². The van der Waals surface area contributed by atoms with E-state index in [1.165, 1.54) is 5.39 Å². The molecule has 0 unspecified atom stereocenters. The van der Waals surface area contributed by atoms with Crippen LogP contribution in [0.1, 0.15) is 5.48 Å². The van der Waals surface area contributed by atoms with E-state index in [-0.39, 0.29) is 35.4 Å². The topological polar surface area (TPSA) is 3.24 Å². The van der Waals surface area contributed by atoms with Crippen LogP contribution in [0.25, 0.3) is 87.2 Å². The molecule has 0 aromatic heterocycles. The highest BCUT2D eigenvalue weighted by atomic mass is 15.1. The van der Waals surface area contributed by atoms with Gasteiger partial charge in [0.1, 0.15) is 0 Å². The summed E-state index contributed by atoms with van der Waals surface area (Å²) in [6, 6.07) is 68.0. The molecule has 0 N–H and O–H groups in total. The minimum atomic E-state index is -0.119. The third kappa shape index (κ3) is 5.80. The van der Waals surface area contributed by atoms with Crippen molar-refractivity contribution in [2.45, 2.75) is 0 Å². The first-order chi connectivity index (χ1) is 29.9. The van der Waals surface area contributed by atoms with Crippen LogP contribution < -0.4 is 4.90 Å². The molecule has 0 heterocycles. The molecule has 0 fully saturated rings. The Hall–Kier alpha value is -7.48. The second kappa shape index (κ2) is 13.7. The molecule has 0 atom stereocenters. The predicted molar refractivity (Wildman–Crippen MR) is 245 cm³/mol. The van der Waals surface area contributed by atoms with Crippen molar-refractivity contribution in [3.63, 3.8) is 0 Å². The predicted octanol–water partition coefficient (Wildman–Crippen LogP) is 15.9. The lowest BCUT2D eigenvalue weighted by Crippen LogP contribution is -2.10. The Bertz CT molecular complexity index is 3520. The lowest BCUT2D eigenvalue weighted by atomic mass is 9.93. The van der Waals surface area contributed by atoms with Gasteiger partial charge in [-0.1, -0.05) is 176 Å².